The molecule has 0 unspecified atom stereocenters. The van der Waals surface area contributed by atoms with Crippen molar-refractivity contribution in [2.45, 2.75) is 34.1 Å². The van der Waals surface area contributed by atoms with Crippen LogP contribution in [0.25, 0.3) is 0 Å². The molecule has 1 heterocycles. The number of anilines is 1. The maximum atomic E-state index is 13.3. The van der Waals surface area contributed by atoms with Gasteiger partial charge in [0.2, 0.25) is 5.91 Å². The number of amides is 2. The number of carbonyl (C=O) groups is 4. The molecular weight excluding hydrogens is 342 g/mol. The van der Waals surface area contributed by atoms with E-state index in [1.165, 1.54) is 0 Å². The normalized spacial score (nSPS) is 18.0. The Labute approximate surface area is 157 Å². The smallest absolute Gasteiger partial charge is 0.256 e. The van der Waals surface area contributed by atoms with Gasteiger partial charge >= 0.3 is 0 Å². The van der Waals surface area contributed by atoms with E-state index in [1.54, 1.807) is 31.2 Å². The Balaban J connectivity index is 1.86. The minimum atomic E-state index is -1.95. The van der Waals surface area contributed by atoms with E-state index in [-0.39, 0.29) is 11.1 Å². The number of Topliss-reactive ketones (excluding diaryl/α,β-unsaturated/α-hetero) is 2. The highest BCUT2D eigenvalue weighted by atomic mass is 16.2. The summed E-state index contributed by atoms with van der Waals surface area (Å²) < 4.78 is 0. The second-order valence-corrected chi connectivity index (χ2v) is 7.55. The third kappa shape index (κ3) is 2.11. The molecule has 1 saturated heterocycles. The quantitative estimate of drug-likeness (QED) is 0.577. The lowest BCUT2D eigenvalue weighted by Gasteiger charge is -2.20. The van der Waals surface area contributed by atoms with Gasteiger partial charge in [-0.05, 0) is 62.6 Å². The predicted molar refractivity (Wildman–Crippen MR) is 100 cm³/mol. The van der Waals surface area contributed by atoms with E-state index in [0.717, 1.165) is 27.2 Å². The van der Waals surface area contributed by atoms with E-state index in [2.05, 4.69) is 0 Å². The van der Waals surface area contributed by atoms with Crippen molar-refractivity contribution in [3.63, 3.8) is 0 Å². The molecule has 0 aromatic heterocycles. The van der Waals surface area contributed by atoms with E-state index in [0.29, 0.717) is 5.69 Å². The Bertz CT molecular complexity index is 1040. The number of benzene rings is 2. The Kier molecular flexibility index (Phi) is 3.51. The lowest BCUT2D eigenvalue weighted by molar-refractivity contribution is -0.122. The molecule has 0 bridgehead atoms. The van der Waals surface area contributed by atoms with Crippen molar-refractivity contribution in [2.24, 2.45) is 5.41 Å². The monoisotopic (exact) mass is 361 g/mol. The molecule has 2 amide bonds. The van der Waals surface area contributed by atoms with Gasteiger partial charge in [-0.1, -0.05) is 17.7 Å². The number of carbonyl (C=O) groups excluding carboxylic acids is 4. The van der Waals surface area contributed by atoms with E-state index < -0.39 is 35.2 Å². The molecular formula is C22H19NO4. The summed E-state index contributed by atoms with van der Waals surface area (Å²) >= 11 is 0. The average molecular weight is 361 g/mol. The summed E-state index contributed by atoms with van der Waals surface area (Å²) in [7, 11) is 0. The minimum Gasteiger partial charge on any atom is -0.292 e. The van der Waals surface area contributed by atoms with Gasteiger partial charge in [0.15, 0.2) is 17.0 Å². The number of aryl methyl sites for hydroxylation is 4. The third-order valence-corrected chi connectivity index (χ3v) is 5.73. The van der Waals surface area contributed by atoms with Crippen LogP contribution in [0.3, 0.4) is 0 Å². The fraction of sp³-hybridized carbons (Fsp3) is 0.273. The lowest BCUT2D eigenvalue weighted by atomic mass is 9.81. The zero-order valence-electron chi connectivity index (χ0n) is 15.7. The van der Waals surface area contributed by atoms with Crippen LogP contribution in [-0.4, -0.2) is 23.4 Å². The number of hydrogen-bond acceptors (Lipinski definition) is 4. The van der Waals surface area contributed by atoms with E-state index in [1.807, 2.05) is 26.8 Å². The number of imide groups is 1. The van der Waals surface area contributed by atoms with Crippen LogP contribution in [0.15, 0.2) is 30.3 Å². The van der Waals surface area contributed by atoms with Crippen LogP contribution in [0.4, 0.5) is 5.69 Å². The van der Waals surface area contributed by atoms with Crippen molar-refractivity contribution in [3.05, 3.63) is 63.7 Å². The van der Waals surface area contributed by atoms with E-state index in [4.69, 9.17) is 0 Å². The fourth-order valence-electron chi connectivity index (χ4n) is 4.10. The van der Waals surface area contributed by atoms with E-state index >= 15 is 0 Å². The molecule has 0 atom stereocenters. The van der Waals surface area contributed by atoms with Crippen molar-refractivity contribution >= 4 is 29.1 Å². The van der Waals surface area contributed by atoms with Gasteiger partial charge in [0, 0.05) is 11.1 Å². The molecule has 0 N–H and O–H groups in total. The molecule has 4 rings (SSSR count). The highest BCUT2D eigenvalue weighted by molar-refractivity contribution is 6.47. The summed E-state index contributed by atoms with van der Waals surface area (Å²) in [6.07, 6.45) is -0.413. The lowest BCUT2D eigenvalue weighted by Crippen LogP contribution is -2.43. The average Bonchev–Trinajstić information content (AvgIpc) is 2.97. The summed E-state index contributed by atoms with van der Waals surface area (Å²) in [5, 5.41) is 0. The highest BCUT2D eigenvalue weighted by Gasteiger charge is 2.66. The first-order chi connectivity index (χ1) is 12.7. The van der Waals surface area contributed by atoms with Crippen molar-refractivity contribution in [1.29, 1.82) is 0 Å². The Morgan fingerprint density at radius 2 is 1.33 bits per heavy atom. The van der Waals surface area contributed by atoms with Crippen molar-refractivity contribution in [3.8, 4) is 0 Å². The van der Waals surface area contributed by atoms with Crippen molar-refractivity contribution in [2.75, 3.05) is 4.90 Å². The molecule has 0 radical (unpaired) electrons. The molecule has 2 aromatic carbocycles. The molecule has 5 heteroatoms. The highest BCUT2D eigenvalue weighted by Crippen LogP contribution is 2.47. The molecule has 2 aromatic rings. The second-order valence-electron chi connectivity index (χ2n) is 7.55. The van der Waals surface area contributed by atoms with Crippen molar-refractivity contribution in [1.82, 2.24) is 0 Å². The van der Waals surface area contributed by atoms with Gasteiger partial charge in [0.05, 0.1) is 12.1 Å². The zero-order chi connectivity index (χ0) is 19.7. The Morgan fingerprint density at radius 1 is 0.778 bits per heavy atom. The largest absolute Gasteiger partial charge is 0.292 e. The SMILES string of the molecule is Cc1ccc(N2C(=O)CC3(C(=O)c4cc(C)c(C)cc4C3=O)C2=O)c(C)c1. The summed E-state index contributed by atoms with van der Waals surface area (Å²) in [5.74, 6) is -2.37. The van der Waals surface area contributed by atoms with Gasteiger partial charge < -0.3 is 0 Å². The summed E-state index contributed by atoms with van der Waals surface area (Å²) in [5.41, 5.74) is 2.45. The molecule has 2 aliphatic rings. The number of nitrogens with zero attached hydrogens (tertiary/aromatic N) is 1. The molecule has 0 saturated carbocycles. The van der Waals surface area contributed by atoms with Crippen LogP contribution >= 0.6 is 0 Å². The number of rotatable bonds is 1. The third-order valence-electron chi connectivity index (χ3n) is 5.73. The number of hydrogen-bond donors (Lipinski definition) is 0. The Morgan fingerprint density at radius 3 is 1.85 bits per heavy atom. The number of ketones is 2. The van der Waals surface area contributed by atoms with Crippen LogP contribution in [0.5, 0.6) is 0 Å². The van der Waals surface area contributed by atoms with Crippen LogP contribution in [0, 0.1) is 33.1 Å². The molecule has 27 heavy (non-hydrogen) atoms. The van der Waals surface area contributed by atoms with Gasteiger partial charge in [0.25, 0.3) is 5.91 Å². The van der Waals surface area contributed by atoms with Gasteiger partial charge in [-0.3, -0.25) is 19.2 Å². The molecule has 1 aliphatic heterocycles. The van der Waals surface area contributed by atoms with Gasteiger partial charge in [-0.15, -0.1) is 0 Å². The first kappa shape index (κ1) is 17.3. The van der Waals surface area contributed by atoms with Crippen LogP contribution < -0.4 is 4.90 Å². The van der Waals surface area contributed by atoms with Gasteiger partial charge in [0.1, 0.15) is 0 Å². The molecule has 136 valence electrons. The summed E-state index contributed by atoms with van der Waals surface area (Å²) in [4.78, 5) is 53.4. The molecule has 1 aliphatic carbocycles. The van der Waals surface area contributed by atoms with Crippen molar-refractivity contribution < 1.29 is 19.2 Å². The topological polar surface area (TPSA) is 71.5 Å². The first-order valence-electron chi connectivity index (χ1n) is 8.84. The van der Waals surface area contributed by atoms with Crippen LogP contribution in [-0.2, 0) is 9.59 Å². The number of fused-ring (bicyclic) bond motifs is 1. The fourth-order valence-corrected chi connectivity index (χ4v) is 4.10. The van der Waals surface area contributed by atoms with Gasteiger partial charge in [-0.2, -0.15) is 0 Å². The zero-order valence-corrected chi connectivity index (χ0v) is 15.7. The minimum absolute atomic E-state index is 0.242. The maximum absolute atomic E-state index is 13.3. The maximum Gasteiger partial charge on any atom is 0.256 e. The van der Waals surface area contributed by atoms with Gasteiger partial charge in [-0.25, -0.2) is 4.90 Å². The Hall–Kier alpha value is -3.08. The standard InChI is InChI=1S/C22H19NO4/c1-11-5-6-17(14(4)7-11)23-18(24)10-22(21(23)27)19(25)15-8-12(2)13(3)9-16(15)20(22)26/h5-9H,10H2,1-4H3. The molecule has 1 fully saturated rings. The molecule has 1 spiro atoms. The second kappa shape index (κ2) is 5.46. The van der Waals surface area contributed by atoms with Crippen LogP contribution in [0.2, 0.25) is 0 Å². The van der Waals surface area contributed by atoms with Crippen LogP contribution in [0.1, 0.15) is 49.4 Å². The summed E-state index contributed by atoms with van der Waals surface area (Å²) in [6, 6.07) is 8.65. The molecule has 5 nitrogen and oxygen atoms in total. The summed E-state index contributed by atoms with van der Waals surface area (Å²) in [6.45, 7) is 7.41. The predicted octanol–water partition coefficient (Wildman–Crippen LogP) is 3.25. The first-order valence-corrected chi connectivity index (χ1v) is 8.84. The van der Waals surface area contributed by atoms with E-state index in [9.17, 15) is 19.2 Å².